The summed E-state index contributed by atoms with van der Waals surface area (Å²) < 4.78 is 0. The molecule has 0 aromatic heterocycles. The van der Waals surface area contributed by atoms with Crippen LogP contribution < -0.4 is 16.4 Å². The second kappa shape index (κ2) is 7.05. The maximum atomic E-state index is 11.4. The van der Waals surface area contributed by atoms with E-state index in [1.54, 1.807) is 12.1 Å². The molecular formula is C15H21N3O2. The highest BCUT2D eigenvalue weighted by Crippen LogP contribution is 2.18. The van der Waals surface area contributed by atoms with Gasteiger partial charge < -0.3 is 16.4 Å². The Labute approximate surface area is 118 Å². The Balaban J connectivity index is 1.58. The SMILES string of the molecule is NC(=O)c1ccc(CNCCCC(=O)NC2CC2)cc1. The van der Waals surface area contributed by atoms with E-state index in [4.69, 9.17) is 5.73 Å². The van der Waals surface area contributed by atoms with Gasteiger partial charge in [-0.15, -0.1) is 0 Å². The van der Waals surface area contributed by atoms with Crippen LogP contribution in [0.1, 0.15) is 41.6 Å². The average molecular weight is 275 g/mol. The van der Waals surface area contributed by atoms with E-state index < -0.39 is 5.91 Å². The lowest BCUT2D eigenvalue weighted by Gasteiger charge is -2.06. The Bertz CT molecular complexity index is 467. The number of primary amides is 1. The van der Waals surface area contributed by atoms with Gasteiger partial charge in [0.25, 0.3) is 0 Å². The van der Waals surface area contributed by atoms with Crippen molar-refractivity contribution in [2.45, 2.75) is 38.3 Å². The molecule has 0 aliphatic heterocycles. The van der Waals surface area contributed by atoms with Gasteiger partial charge in [0.15, 0.2) is 0 Å². The van der Waals surface area contributed by atoms with Gasteiger partial charge in [0.1, 0.15) is 0 Å². The highest BCUT2D eigenvalue weighted by atomic mass is 16.2. The first-order chi connectivity index (χ1) is 9.65. The van der Waals surface area contributed by atoms with Gasteiger partial charge >= 0.3 is 0 Å². The van der Waals surface area contributed by atoms with Crippen LogP contribution in [0.2, 0.25) is 0 Å². The van der Waals surface area contributed by atoms with Crippen molar-refractivity contribution in [1.29, 1.82) is 0 Å². The molecule has 0 radical (unpaired) electrons. The number of carbonyl (C=O) groups is 2. The number of amides is 2. The fraction of sp³-hybridized carbons (Fsp3) is 0.467. The average Bonchev–Trinajstić information content (AvgIpc) is 3.22. The zero-order chi connectivity index (χ0) is 14.4. The molecule has 1 aliphatic carbocycles. The van der Waals surface area contributed by atoms with Crippen LogP contribution in [0.4, 0.5) is 0 Å². The van der Waals surface area contributed by atoms with Crippen LogP contribution in [0.3, 0.4) is 0 Å². The van der Waals surface area contributed by atoms with E-state index in [0.29, 0.717) is 18.0 Å². The van der Waals surface area contributed by atoms with Gasteiger partial charge in [-0.1, -0.05) is 12.1 Å². The molecule has 0 bridgehead atoms. The van der Waals surface area contributed by atoms with Crippen molar-refractivity contribution in [2.24, 2.45) is 5.73 Å². The van der Waals surface area contributed by atoms with Crippen LogP contribution in [-0.2, 0) is 11.3 Å². The molecule has 1 saturated carbocycles. The summed E-state index contributed by atoms with van der Waals surface area (Å²) in [6.07, 6.45) is 3.67. The second-order valence-corrected chi connectivity index (χ2v) is 5.18. The Kier molecular flexibility index (Phi) is 5.12. The standard InChI is InChI=1S/C15H21N3O2/c16-15(20)12-5-3-11(4-6-12)10-17-9-1-2-14(19)18-13-7-8-13/h3-6,13,17H,1-2,7-10H2,(H2,16,20)(H,18,19). The molecule has 5 heteroatoms. The largest absolute Gasteiger partial charge is 0.366 e. The number of carbonyl (C=O) groups excluding carboxylic acids is 2. The fourth-order valence-corrected chi connectivity index (χ4v) is 1.92. The summed E-state index contributed by atoms with van der Waals surface area (Å²) >= 11 is 0. The molecule has 1 aromatic rings. The first kappa shape index (κ1) is 14.5. The Morgan fingerprint density at radius 3 is 2.50 bits per heavy atom. The van der Waals surface area contributed by atoms with E-state index in [-0.39, 0.29) is 5.91 Å². The minimum Gasteiger partial charge on any atom is -0.366 e. The van der Waals surface area contributed by atoms with Crippen LogP contribution in [0.25, 0.3) is 0 Å². The van der Waals surface area contributed by atoms with E-state index >= 15 is 0 Å². The third-order valence-electron chi connectivity index (χ3n) is 3.27. The summed E-state index contributed by atoms with van der Waals surface area (Å²) in [6.45, 7) is 1.53. The van der Waals surface area contributed by atoms with E-state index in [1.165, 1.54) is 0 Å². The molecule has 1 aliphatic rings. The third-order valence-corrected chi connectivity index (χ3v) is 3.27. The molecule has 2 amide bonds. The molecule has 0 atom stereocenters. The number of nitrogens with one attached hydrogen (secondary N) is 2. The molecule has 108 valence electrons. The Hall–Kier alpha value is -1.88. The van der Waals surface area contributed by atoms with Crippen molar-refractivity contribution in [1.82, 2.24) is 10.6 Å². The summed E-state index contributed by atoms with van der Waals surface area (Å²) in [5, 5.41) is 6.25. The van der Waals surface area contributed by atoms with Crippen molar-refractivity contribution >= 4 is 11.8 Å². The molecule has 0 spiro atoms. The lowest BCUT2D eigenvalue weighted by molar-refractivity contribution is -0.121. The second-order valence-electron chi connectivity index (χ2n) is 5.18. The van der Waals surface area contributed by atoms with Gasteiger partial charge in [-0.3, -0.25) is 9.59 Å². The fourth-order valence-electron chi connectivity index (χ4n) is 1.92. The molecule has 1 aromatic carbocycles. The minimum absolute atomic E-state index is 0.153. The molecule has 20 heavy (non-hydrogen) atoms. The monoisotopic (exact) mass is 275 g/mol. The molecular weight excluding hydrogens is 254 g/mol. The number of hydrogen-bond donors (Lipinski definition) is 3. The minimum atomic E-state index is -0.411. The Morgan fingerprint density at radius 1 is 1.20 bits per heavy atom. The van der Waals surface area contributed by atoms with Crippen LogP contribution in [0.15, 0.2) is 24.3 Å². The molecule has 0 saturated heterocycles. The molecule has 1 fully saturated rings. The highest BCUT2D eigenvalue weighted by Gasteiger charge is 2.22. The molecule has 0 unspecified atom stereocenters. The maximum Gasteiger partial charge on any atom is 0.248 e. The van der Waals surface area contributed by atoms with Crippen molar-refractivity contribution in [3.05, 3.63) is 35.4 Å². The van der Waals surface area contributed by atoms with Gasteiger partial charge in [0.05, 0.1) is 0 Å². The van der Waals surface area contributed by atoms with Crippen molar-refractivity contribution < 1.29 is 9.59 Å². The normalized spacial score (nSPS) is 14.0. The third kappa shape index (κ3) is 5.01. The summed E-state index contributed by atoms with van der Waals surface area (Å²) in [5.74, 6) is -0.258. The van der Waals surface area contributed by atoms with Gasteiger partial charge in [-0.2, -0.15) is 0 Å². The molecule has 2 rings (SSSR count). The lowest BCUT2D eigenvalue weighted by Crippen LogP contribution is -2.26. The summed E-state index contributed by atoms with van der Waals surface area (Å²) in [6, 6.07) is 7.66. The van der Waals surface area contributed by atoms with Crippen molar-refractivity contribution in [3.63, 3.8) is 0 Å². The van der Waals surface area contributed by atoms with Crippen LogP contribution in [-0.4, -0.2) is 24.4 Å². The Morgan fingerprint density at radius 2 is 1.90 bits per heavy atom. The van der Waals surface area contributed by atoms with E-state index in [9.17, 15) is 9.59 Å². The smallest absolute Gasteiger partial charge is 0.248 e. The molecule has 5 nitrogen and oxygen atoms in total. The highest BCUT2D eigenvalue weighted by molar-refractivity contribution is 5.92. The van der Waals surface area contributed by atoms with Gasteiger partial charge in [0.2, 0.25) is 11.8 Å². The zero-order valence-corrected chi connectivity index (χ0v) is 11.5. The first-order valence-corrected chi connectivity index (χ1v) is 7.04. The number of nitrogens with two attached hydrogens (primary N) is 1. The zero-order valence-electron chi connectivity index (χ0n) is 11.5. The number of hydrogen-bond acceptors (Lipinski definition) is 3. The van der Waals surface area contributed by atoms with Crippen LogP contribution in [0, 0.1) is 0 Å². The summed E-state index contributed by atoms with van der Waals surface area (Å²) in [7, 11) is 0. The molecule has 0 heterocycles. The van der Waals surface area contributed by atoms with E-state index in [1.807, 2.05) is 12.1 Å². The summed E-state index contributed by atoms with van der Waals surface area (Å²) in [4.78, 5) is 22.4. The van der Waals surface area contributed by atoms with E-state index in [2.05, 4.69) is 10.6 Å². The van der Waals surface area contributed by atoms with Crippen LogP contribution >= 0.6 is 0 Å². The van der Waals surface area contributed by atoms with Gasteiger partial charge in [0, 0.05) is 24.6 Å². The quantitative estimate of drug-likeness (QED) is 0.617. The summed E-state index contributed by atoms with van der Waals surface area (Å²) in [5.41, 5.74) is 6.79. The molecule has 4 N–H and O–H groups in total. The first-order valence-electron chi connectivity index (χ1n) is 7.04. The van der Waals surface area contributed by atoms with Gasteiger partial charge in [-0.25, -0.2) is 0 Å². The number of rotatable bonds is 8. The van der Waals surface area contributed by atoms with Gasteiger partial charge in [-0.05, 0) is 43.5 Å². The van der Waals surface area contributed by atoms with Crippen LogP contribution in [0.5, 0.6) is 0 Å². The topological polar surface area (TPSA) is 84.2 Å². The lowest BCUT2D eigenvalue weighted by atomic mass is 10.1. The predicted octanol–water partition coefficient (Wildman–Crippen LogP) is 0.934. The van der Waals surface area contributed by atoms with Crippen molar-refractivity contribution in [3.8, 4) is 0 Å². The van der Waals surface area contributed by atoms with Crippen molar-refractivity contribution in [2.75, 3.05) is 6.54 Å². The van der Waals surface area contributed by atoms with E-state index in [0.717, 1.165) is 37.9 Å². The predicted molar refractivity (Wildman–Crippen MR) is 77.1 cm³/mol. The maximum absolute atomic E-state index is 11.4. The number of benzene rings is 1.